The molecule has 1 aromatic rings. The Labute approximate surface area is 108 Å². The Morgan fingerprint density at radius 2 is 2.06 bits per heavy atom. The molecule has 0 bridgehead atoms. The Hall–Kier alpha value is -0.860. The van der Waals surface area contributed by atoms with Crippen LogP contribution in [0.2, 0.25) is 0 Å². The normalized spacial score (nSPS) is 10.7. The Morgan fingerprint density at radius 1 is 1.29 bits per heavy atom. The summed E-state index contributed by atoms with van der Waals surface area (Å²) in [6.45, 7) is 3.52. The fraction of sp³-hybridized carbons (Fsp3) is 0.538. The van der Waals surface area contributed by atoms with Crippen LogP contribution in [0.5, 0.6) is 0 Å². The van der Waals surface area contributed by atoms with Gasteiger partial charge in [-0.15, -0.1) is 11.3 Å². The van der Waals surface area contributed by atoms with Gasteiger partial charge in [-0.05, 0) is 32.6 Å². The number of nitrogens with two attached hydrogens (primary N) is 1. The first-order valence-corrected chi connectivity index (χ1v) is 6.60. The fourth-order valence-corrected chi connectivity index (χ4v) is 2.32. The zero-order chi connectivity index (χ0) is 12.7. The van der Waals surface area contributed by atoms with Gasteiger partial charge in [-0.25, -0.2) is 0 Å². The molecule has 0 radical (unpaired) electrons. The predicted octanol–water partition coefficient (Wildman–Crippen LogP) is 1.05. The van der Waals surface area contributed by atoms with Gasteiger partial charge in [-0.3, -0.25) is 4.90 Å². The molecule has 0 atom stereocenters. The average Bonchev–Trinajstić information content (AvgIpc) is 2.71. The van der Waals surface area contributed by atoms with Crippen LogP contribution < -0.4 is 5.73 Å². The third kappa shape index (κ3) is 5.33. The van der Waals surface area contributed by atoms with Gasteiger partial charge in [0.2, 0.25) is 0 Å². The van der Waals surface area contributed by atoms with Crippen molar-refractivity contribution in [3.8, 4) is 11.8 Å². The van der Waals surface area contributed by atoms with Crippen LogP contribution in [0.4, 0.5) is 0 Å². The van der Waals surface area contributed by atoms with Gasteiger partial charge in [-0.2, -0.15) is 0 Å². The molecule has 1 rings (SSSR count). The minimum atomic E-state index is 0.422. The van der Waals surface area contributed by atoms with Crippen molar-refractivity contribution in [1.29, 1.82) is 0 Å². The molecule has 2 N–H and O–H groups in total. The van der Waals surface area contributed by atoms with Crippen molar-refractivity contribution in [2.75, 3.05) is 40.8 Å². The lowest BCUT2D eigenvalue weighted by Crippen LogP contribution is -2.28. The van der Waals surface area contributed by atoms with E-state index in [2.05, 4.69) is 54.2 Å². The molecule has 0 amide bonds. The summed E-state index contributed by atoms with van der Waals surface area (Å²) in [5.41, 5.74) is 6.51. The molecular formula is C13H21N3S. The molecule has 1 aromatic heterocycles. The van der Waals surface area contributed by atoms with Crippen molar-refractivity contribution in [3.05, 3.63) is 21.9 Å². The molecule has 0 saturated carbocycles. The van der Waals surface area contributed by atoms with Crippen molar-refractivity contribution in [2.45, 2.75) is 6.54 Å². The number of hydrogen-bond donors (Lipinski definition) is 1. The fourth-order valence-electron chi connectivity index (χ4n) is 1.42. The molecule has 4 heteroatoms. The van der Waals surface area contributed by atoms with Gasteiger partial charge in [0.25, 0.3) is 0 Å². The third-order valence-corrected chi connectivity index (χ3v) is 3.32. The van der Waals surface area contributed by atoms with Gasteiger partial charge >= 0.3 is 0 Å². The average molecular weight is 251 g/mol. The second-order valence-corrected chi connectivity index (χ2v) is 5.31. The Bertz CT molecular complexity index is 387. The summed E-state index contributed by atoms with van der Waals surface area (Å²) in [5.74, 6) is 6.03. The van der Waals surface area contributed by atoms with E-state index in [0.29, 0.717) is 6.54 Å². The van der Waals surface area contributed by atoms with E-state index in [9.17, 15) is 0 Å². The van der Waals surface area contributed by atoms with Crippen LogP contribution in [0.15, 0.2) is 11.4 Å². The molecule has 0 aliphatic rings. The van der Waals surface area contributed by atoms with E-state index in [4.69, 9.17) is 5.73 Å². The van der Waals surface area contributed by atoms with Crippen LogP contribution in [0, 0.1) is 11.8 Å². The van der Waals surface area contributed by atoms with Crippen LogP contribution in [0.25, 0.3) is 0 Å². The predicted molar refractivity (Wildman–Crippen MR) is 75.1 cm³/mol. The zero-order valence-corrected chi connectivity index (χ0v) is 11.7. The van der Waals surface area contributed by atoms with Crippen molar-refractivity contribution in [1.82, 2.24) is 9.80 Å². The van der Waals surface area contributed by atoms with Crippen LogP contribution in [0.1, 0.15) is 10.4 Å². The van der Waals surface area contributed by atoms with Crippen molar-refractivity contribution in [2.24, 2.45) is 5.73 Å². The number of nitrogens with zero attached hydrogens (tertiary/aromatic N) is 2. The summed E-state index contributed by atoms with van der Waals surface area (Å²) in [4.78, 5) is 5.84. The maximum Gasteiger partial charge on any atom is 0.0555 e. The lowest BCUT2D eigenvalue weighted by atomic mass is 10.2. The molecule has 3 nitrogen and oxygen atoms in total. The zero-order valence-electron chi connectivity index (χ0n) is 10.9. The van der Waals surface area contributed by atoms with E-state index >= 15 is 0 Å². The smallest absolute Gasteiger partial charge is 0.0555 e. The van der Waals surface area contributed by atoms with E-state index in [0.717, 1.165) is 25.2 Å². The molecule has 0 aromatic carbocycles. The molecule has 0 aliphatic carbocycles. The summed E-state index contributed by atoms with van der Waals surface area (Å²) < 4.78 is 0. The summed E-state index contributed by atoms with van der Waals surface area (Å²) in [7, 11) is 6.33. The third-order valence-electron chi connectivity index (χ3n) is 2.41. The summed E-state index contributed by atoms with van der Waals surface area (Å²) >= 11 is 1.76. The van der Waals surface area contributed by atoms with Gasteiger partial charge < -0.3 is 10.6 Å². The van der Waals surface area contributed by atoms with E-state index in [1.807, 2.05) is 0 Å². The van der Waals surface area contributed by atoms with E-state index < -0.39 is 0 Å². The number of likely N-dealkylation sites (N-methyl/N-ethyl adjacent to an activating group) is 2. The van der Waals surface area contributed by atoms with Gasteiger partial charge in [0.15, 0.2) is 0 Å². The second-order valence-electron chi connectivity index (χ2n) is 4.30. The minimum Gasteiger partial charge on any atom is -0.320 e. The number of rotatable bonds is 5. The second kappa shape index (κ2) is 7.46. The molecule has 17 heavy (non-hydrogen) atoms. The van der Waals surface area contributed by atoms with E-state index in [1.165, 1.54) is 4.88 Å². The Kier molecular flexibility index (Phi) is 6.23. The molecule has 0 spiro atoms. The topological polar surface area (TPSA) is 32.5 Å². The Morgan fingerprint density at radius 3 is 2.71 bits per heavy atom. The minimum absolute atomic E-state index is 0.422. The van der Waals surface area contributed by atoms with E-state index in [1.54, 1.807) is 11.3 Å². The highest BCUT2D eigenvalue weighted by atomic mass is 32.1. The quantitative estimate of drug-likeness (QED) is 0.794. The van der Waals surface area contributed by atoms with Crippen molar-refractivity contribution < 1.29 is 0 Å². The van der Waals surface area contributed by atoms with Gasteiger partial charge in [0.05, 0.1) is 6.54 Å². The SMILES string of the molecule is CN(C)CCN(C)Cc1sccc1C#CCN. The first kappa shape index (κ1) is 14.2. The summed E-state index contributed by atoms with van der Waals surface area (Å²) in [6, 6.07) is 2.07. The molecule has 1 heterocycles. The van der Waals surface area contributed by atoms with Gasteiger partial charge in [0, 0.05) is 30.1 Å². The largest absolute Gasteiger partial charge is 0.320 e. The number of thiophene rings is 1. The highest BCUT2D eigenvalue weighted by Gasteiger charge is 2.06. The lowest BCUT2D eigenvalue weighted by Gasteiger charge is -2.18. The summed E-state index contributed by atoms with van der Waals surface area (Å²) in [6.07, 6.45) is 0. The molecular weight excluding hydrogens is 230 g/mol. The number of hydrogen-bond acceptors (Lipinski definition) is 4. The van der Waals surface area contributed by atoms with E-state index in [-0.39, 0.29) is 0 Å². The van der Waals surface area contributed by atoms with Crippen molar-refractivity contribution in [3.63, 3.8) is 0 Å². The molecule has 94 valence electrons. The first-order valence-electron chi connectivity index (χ1n) is 5.72. The standard InChI is InChI=1S/C13H21N3S/c1-15(2)8-9-16(3)11-13-12(5-4-7-14)6-10-17-13/h6,10H,7-9,11,14H2,1-3H3. The van der Waals surface area contributed by atoms with Crippen molar-refractivity contribution >= 4 is 11.3 Å². The highest BCUT2D eigenvalue weighted by Crippen LogP contribution is 2.17. The lowest BCUT2D eigenvalue weighted by molar-refractivity contribution is 0.278. The van der Waals surface area contributed by atoms with Crippen LogP contribution in [-0.4, -0.2) is 50.6 Å². The van der Waals surface area contributed by atoms with Crippen LogP contribution >= 0.6 is 11.3 Å². The molecule has 0 saturated heterocycles. The molecule has 0 unspecified atom stereocenters. The van der Waals surface area contributed by atoms with Crippen LogP contribution in [-0.2, 0) is 6.54 Å². The molecule has 0 aliphatic heterocycles. The summed E-state index contributed by atoms with van der Waals surface area (Å²) in [5, 5.41) is 2.09. The Balaban J connectivity index is 2.53. The van der Waals surface area contributed by atoms with Gasteiger partial charge in [0.1, 0.15) is 0 Å². The maximum atomic E-state index is 5.39. The van der Waals surface area contributed by atoms with Gasteiger partial charge in [-0.1, -0.05) is 11.8 Å². The maximum absolute atomic E-state index is 5.39. The molecule has 0 fully saturated rings. The van der Waals surface area contributed by atoms with Crippen LogP contribution in [0.3, 0.4) is 0 Å². The highest BCUT2D eigenvalue weighted by molar-refractivity contribution is 7.10. The monoisotopic (exact) mass is 251 g/mol. The first-order chi connectivity index (χ1) is 8.13.